The van der Waals surface area contributed by atoms with E-state index in [4.69, 9.17) is 0 Å². The molecule has 0 radical (unpaired) electrons. The maximum Gasteiger partial charge on any atom is 0.161 e. The van der Waals surface area contributed by atoms with Gasteiger partial charge in [0.1, 0.15) is 0 Å². The number of carbonyl (C=O) groups is 1. The molecule has 3 aliphatic rings. The van der Waals surface area contributed by atoms with Crippen molar-refractivity contribution in [3.05, 3.63) is 89.6 Å². The predicted octanol–water partition coefficient (Wildman–Crippen LogP) is 6.29. The SMILES string of the molecule is O=C1C[C@H](c2ccccc2)CC2=C1[C@@H]([C@H]1CC=CCC1)Nc1ccc3ncccc3c12. The van der Waals surface area contributed by atoms with E-state index >= 15 is 0 Å². The van der Waals surface area contributed by atoms with Crippen molar-refractivity contribution >= 4 is 27.9 Å². The van der Waals surface area contributed by atoms with Crippen LogP contribution in [0.5, 0.6) is 0 Å². The van der Waals surface area contributed by atoms with Crippen molar-refractivity contribution in [1.29, 1.82) is 0 Å². The van der Waals surface area contributed by atoms with Crippen molar-refractivity contribution in [2.24, 2.45) is 5.92 Å². The summed E-state index contributed by atoms with van der Waals surface area (Å²) >= 11 is 0. The summed E-state index contributed by atoms with van der Waals surface area (Å²) in [5.41, 5.74) is 6.88. The van der Waals surface area contributed by atoms with Gasteiger partial charge in [-0.1, -0.05) is 48.6 Å². The van der Waals surface area contributed by atoms with Gasteiger partial charge in [-0.15, -0.1) is 0 Å². The van der Waals surface area contributed by atoms with Crippen LogP contribution in [0.25, 0.3) is 16.5 Å². The molecule has 2 heterocycles. The molecular weight excluding hydrogens is 380 g/mol. The number of nitrogens with one attached hydrogen (secondary N) is 1. The molecule has 3 aromatic rings. The quantitative estimate of drug-likeness (QED) is 0.509. The molecule has 1 aromatic heterocycles. The Hall–Kier alpha value is -3.20. The average Bonchev–Trinajstić information content (AvgIpc) is 2.84. The number of fused-ring (bicyclic) bond motifs is 4. The van der Waals surface area contributed by atoms with Crippen molar-refractivity contribution in [2.45, 2.75) is 44.1 Å². The molecule has 2 aliphatic carbocycles. The van der Waals surface area contributed by atoms with E-state index < -0.39 is 0 Å². The molecule has 0 saturated carbocycles. The summed E-state index contributed by atoms with van der Waals surface area (Å²) in [6.07, 6.45) is 11.2. The summed E-state index contributed by atoms with van der Waals surface area (Å²) < 4.78 is 0. The first-order valence-electron chi connectivity index (χ1n) is 11.4. The lowest BCUT2D eigenvalue weighted by Gasteiger charge is -2.40. The molecule has 0 amide bonds. The van der Waals surface area contributed by atoms with Gasteiger partial charge in [0.25, 0.3) is 0 Å². The largest absolute Gasteiger partial charge is 0.377 e. The number of anilines is 1. The number of benzene rings is 2. The van der Waals surface area contributed by atoms with E-state index in [9.17, 15) is 4.79 Å². The first kappa shape index (κ1) is 18.6. The van der Waals surface area contributed by atoms with Gasteiger partial charge in [-0.05, 0) is 66.9 Å². The molecule has 0 saturated heterocycles. The van der Waals surface area contributed by atoms with Gasteiger partial charge in [0.15, 0.2) is 5.78 Å². The van der Waals surface area contributed by atoms with E-state index in [0.29, 0.717) is 18.1 Å². The summed E-state index contributed by atoms with van der Waals surface area (Å²) in [6.45, 7) is 0. The number of nitrogens with zero attached hydrogens (tertiary/aromatic N) is 1. The van der Waals surface area contributed by atoms with E-state index in [1.807, 2.05) is 18.3 Å². The highest BCUT2D eigenvalue weighted by molar-refractivity contribution is 6.12. The lowest BCUT2D eigenvalue weighted by Crippen LogP contribution is -2.40. The zero-order valence-corrected chi connectivity index (χ0v) is 17.6. The van der Waals surface area contributed by atoms with Gasteiger partial charge < -0.3 is 5.32 Å². The van der Waals surface area contributed by atoms with Crippen molar-refractivity contribution in [2.75, 3.05) is 5.32 Å². The molecule has 2 aromatic carbocycles. The molecule has 1 N–H and O–H groups in total. The van der Waals surface area contributed by atoms with E-state index in [2.05, 4.69) is 64.9 Å². The molecule has 0 bridgehead atoms. The van der Waals surface area contributed by atoms with Crippen molar-refractivity contribution in [1.82, 2.24) is 4.98 Å². The molecule has 3 heteroatoms. The lowest BCUT2D eigenvalue weighted by atomic mass is 9.69. The number of aromatic nitrogens is 1. The highest BCUT2D eigenvalue weighted by Crippen LogP contribution is 2.49. The van der Waals surface area contributed by atoms with Gasteiger partial charge in [0.2, 0.25) is 0 Å². The maximum atomic E-state index is 13.7. The second-order valence-corrected chi connectivity index (χ2v) is 9.06. The zero-order valence-electron chi connectivity index (χ0n) is 17.6. The van der Waals surface area contributed by atoms with Crippen molar-refractivity contribution in [3.8, 4) is 0 Å². The van der Waals surface area contributed by atoms with Gasteiger partial charge in [-0.25, -0.2) is 0 Å². The second kappa shape index (κ2) is 7.49. The number of allylic oxidation sites excluding steroid dienone is 3. The molecule has 1 aliphatic heterocycles. The number of hydrogen-bond acceptors (Lipinski definition) is 3. The van der Waals surface area contributed by atoms with Crippen LogP contribution in [0, 0.1) is 5.92 Å². The van der Waals surface area contributed by atoms with Gasteiger partial charge >= 0.3 is 0 Å². The summed E-state index contributed by atoms with van der Waals surface area (Å²) in [6, 6.07) is 19.1. The Bertz CT molecular complexity index is 1220. The molecule has 3 nitrogen and oxygen atoms in total. The predicted molar refractivity (Wildman–Crippen MR) is 126 cm³/mol. The van der Waals surface area contributed by atoms with E-state index in [1.54, 1.807) is 0 Å². The summed E-state index contributed by atoms with van der Waals surface area (Å²) in [4.78, 5) is 18.3. The topological polar surface area (TPSA) is 42.0 Å². The Morgan fingerprint density at radius 3 is 2.68 bits per heavy atom. The monoisotopic (exact) mass is 406 g/mol. The number of rotatable bonds is 2. The minimum Gasteiger partial charge on any atom is -0.377 e. The minimum atomic E-state index is 0.103. The number of carbonyl (C=O) groups excluding carboxylic acids is 1. The second-order valence-electron chi connectivity index (χ2n) is 9.06. The van der Waals surface area contributed by atoms with Crippen LogP contribution in [0.1, 0.15) is 49.1 Å². The van der Waals surface area contributed by atoms with Gasteiger partial charge in [0, 0.05) is 34.8 Å². The molecule has 0 spiro atoms. The van der Waals surface area contributed by atoms with Crippen LogP contribution in [0.3, 0.4) is 0 Å². The molecule has 0 fully saturated rings. The first-order chi connectivity index (χ1) is 15.3. The maximum absolute atomic E-state index is 13.7. The number of hydrogen-bond donors (Lipinski definition) is 1. The Balaban J connectivity index is 1.54. The van der Waals surface area contributed by atoms with Crippen LogP contribution in [0.2, 0.25) is 0 Å². The molecule has 3 atom stereocenters. The van der Waals surface area contributed by atoms with Crippen molar-refractivity contribution in [3.63, 3.8) is 0 Å². The van der Waals surface area contributed by atoms with Crippen LogP contribution in [0.15, 0.2) is 78.5 Å². The highest BCUT2D eigenvalue weighted by Gasteiger charge is 2.40. The van der Waals surface area contributed by atoms with Crippen LogP contribution in [0.4, 0.5) is 5.69 Å². The van der Waals surface area contributed by atoms with Gasteiger partial charge in [-0.3, -0.25) is 9.78 Å². The first-order valence-corrected chi connectivity index (χ1v) is 11.4. The number of ketones is 1. The third-order valence-corrected chi connectivity index (χ3v) is 7.27. The molecule has 154 valence electrons. The van der Waals surface area contributed by atoms with Crippen LogP contribution >= 0.6 is 0 Å². The molecule has 6 rings (SSSR count). The third-order valence-electron chi connectivity index (χ3n) is 7.27. The number of Topliss-reactive ketones (excluding diaryl/α,β-unsaturated/α-hetero) is 1. The minimum absolute atomic E-state index is 0.103. The smallest absolute Gasteiger partial charge is 0.161 e. The van der Waals surface area contributed by atoms with Crippen LogP contribution in [-0.2, 0) is 4.79 Å². The Morgan fingerprint density at radius 1 is 0.935 bits per heavy atom. The van der Waals surface area contributed by atoms with Crippen LogP contribution in [-0.4, -0.2) is 16.8 Å². The summed E-state index contributed by atoms with van der Waals surface area (Å²) in [5, 5.41) is 4.94. The fraction of sp³-hybridized carbons (Fsp3) is 0.286. The lowest BCUT2D eigenvalue weighted by molar-refractivity contribution is -0.116. The normalized spacial score (nSPS) is 25.2. The Kier molecular flexibility index (Phi) is 4.48. The van der Waals surface area contributed by atoms with Crippen LogP contribution < -0.4 is 5.32 Å². The zero-order chi connectivity index (χ0) is 20.8. The van der Waals surface area contributed by atoms with E-state index in [0.717, 1.165) is 47.8 Å². The summed E-state index contributed by atoms with van der Waals surface area (Å²) in [7, 11) is 0. The molecule has 0 unspecified atom stereocenters. The standard InChI is InChI=1S/C28H26N2O/c31-25-17-20(18-8-3-1-4-9-18)16-22-26-21-12-7-15-29-23(21)13-14-24(26)30-28(27(22)25)19-10-5-2-6-11-19/h1-5,7-9,12-15,19-20,28,30H,6,10-11,16-17H2/t19-,20+,28+/m0/s1. The number of pyridine rings is 1. The Morgan fingerprint density at radius 2 is 1.84 bits per heavy atom. The van der Waals surface area contributed by atoms with Crippen molar-refractivity contribution < 1.29 is 4.79 Å². The average molecular weight is 407 g/mol. The third kappa shape index (κ3) is 3.11. The van der Waals surface area contributed by atoms with Gasteiger partial charge in [0.05, 0.1) is 11.6 Å². The Labute approximate surface area is 182 Å². The molecule has 31 heavy (non-hydrogen) atoms. The highest BCUT2D eigenvalue weighted by atomic mass is 16.1. The van der Waals surface area contributed by atoms with Gasteiger partial charge in [-0.2, -0.15) is 0 Å². The summed E-state index contributed by atoms with van der Waals surface area (Å²) in [5.74, 6) is 1.01. The fourth-order valence-electron chi connectivity index (χ4n) is 5.80. The fourth-order valence-corrected chi connectivity index (χ4v) is 5.80. The van der Waals surface area contributed by atoms with E-state index in [1.165, 1.54) is 16.7 Å². The molecular formula is C28H26N2O. The van der Waals surface area contributed by atoms with E-state index in [-0.39, 0.29) is 12.0 Å².